The van der Waals surface area contributed by atoms with E-state index in [1.807, 2.05) is 0 Å². The van der Waals surface area contributed by atoms with Gasteiger partial charge in [0.2, 0.25) is 5.91 Å². The first kappa shape index (κ1) is 8.59. The van der Waals surface area contributed by atoms with Crippen LogP contribution in [0.2, 0.25) is 0 Å². The van der Waals surface area contributed by atoms with Crippen molar-refractivity contribution in [2.75, 3.05) is 0 Å². The van der Waals surface area contributed by atoms with E-state index >= 15 is 0 Å². The van der Waals surface area contributed by atoms with Gasteiger partial charge in [0.25, 0.3) is 0 Å². The van der Waals surface area contributed by atoms with Gasteiger partial charge in [-0.2, -0.15) is 0 Å². The van der Waals surface area contributed by atoms with Crippen molar-refractivity contribution in [1.82, 2.24) is 0 Å². The number of phenols is 1. The first-order valence-corrected chi connectivity index (χ1v) is 3.63. The minimum atomic E-state index is -0.499. The number of rotatable bonds is 1. The summed E-state index contributed by atoms with van der Waals surface area (Å²) in [4.78, 5) is 10.9. The Morgan fingerprint density at radius 3 is 2.42 bits per heavy atom. The molecule has 0 unspecified atom stereocenters. The average molecular weight is 165 g/mol. The van der Waals surface area contributed by atoms with Gasteiger partial charge in [0, 0.05) is 11.1 Å². The molecule has 0 aliphatic rings. The third-order valence-corrected chi connectivity index (χ3v) is 1.89. The molecule has 3 N–H and O–H groups in total. The monoisotopic (exact) mass is 165 g/mol. The Morgan fingerprint density at radius 1 is 1.42 bits per heavy atom. The molecule has 0 aromatic heterocycles. The number of hydrogen-bond acceptors (Lipinski definition) is 2. The van der Waals surface area contributed by atoms with Crippen LogP contribution in [0.15, 0.2) is 12.1 Å². The van der Waals surface area contributed by atoms with E-state index in [9.17, 15) is 9.90 Å². The molecule has 0 atom stereocenters. The van der Waals surface area contributed by atoms with Crippen molar-refractivity contribution in [1.29, 1.82) is 0 Å². The lowest BCUT2D eigenvalue weighted by atomic mass is 10.0. The highest BCUT2D eigenvalue weighted by Gasteiger charge is 2.10. The lowest BCUT2D eigenvalue weighted by molar-refractivity contribution is 0.0998. The highest BCUT2D eigenvalue weighted by Crippen LogP contribution is 2.22. The molecule has 0 heterocycles. The number of aromatic hydroxyl groups is 1. The number of benzene rings is 1. The van der Waals surface area contributed by atoms with Crippen molar-refractivity contribution < 1.29 is 9.90 Å². The fourth-order valence-electron chi connectivity index (χ4n) is 1.22. The molecule has 0 aliphatic heterocycles. The first-order valence-electron chi connectivity index (χ1n) is 3.63. The van der Waals surface area contributed by atoms with Crippen LogP contribution in [0, 0.1) is 13.8 Å². The normalized spacial score (nSPS) is 9.83. The molecule has 64 valence electrons. The van der Waals surface area contributed by atoms with Crippen molar-refractivity contribution in [3.63, 3.8) is 0 Å². The SMILES string of the molecule is Cc1ccc(O)c(C)c1C(N)=O. The summed E-state index contributed by atoms with van der Waals surface area (Å²) in [6.07, 6.45) is 0. The van der Waals surface area contributed by atoms with Gasteiger partial charge >= 0.3 is 0 Å². The van der Waals surface area contributed by atoms with E-state index in [1.165, 1.54) is 0 Å². The van der Waals surface area contributed by atoms with Crippen LogP contribution < -0.4 is 5.73 Å². The van der Waals surface area contributed by atoms with E-state index in [4.69, 9.17) is 5.73 Å². The van der Waals surface area contributed by atoms with Gasteiger partial charge in [-0.15, -0.1) is 0 Å². The van der Waals surface area contributed by atoms with Crippen molar-refractivity contribution >= 4 is 5.91 Å². The Bertz CT molecular complexity index is 332. The molecule has 1 rings (SSSR count). The number of aryl methyl sites for hydroxylation is 1. The summed E-state index contributed by atoms with van der Waals surface area (Å²) >= 11 is 0. The minimum Gasteiger partial charge on any atom is -0.508 e. The van der Waals surface area contributed by atoms with Crippen LogP contribution in [0.3, 0.4) is 0 Å². The summed E-state index contributed by atoms with van der Waals surface area (Å²) in [5.41, 5.74) is 6.88. The van der Waals surface area contributed by atoms with E-state index in [0.717, 1.165) is 5.56 Å². The average Bonchev–Trinajstić information content (AvgIpc) is 1.97. The van der Waals surface area contributed by atoms with Gasteiger partial charge in [-0.25, -0.2) is 0 Å². The van der Waals surface area contributed by atoms with Gasteiger partial charge < -0.3 is 10.8 Å². The number of primary amides is 1. The van der Waals surface area contributed by atoms with E-state index < -0.39 is 5.91 Å². The van der Waals surface area contributed by atoms with Crippen LogP contribution in [0.1, 0.15) is 21.5 Å². The van der Waals surface area contributed by atoms with Gasteiger partial charge in [-0.1, -0.05) is 6.07 Å². The smallest absolute Gasteiger partial charge is 0.249 e. The molecule has 0 fully saturated rings. The van der Waals surface area contributed by atoms with Crippen molar-refractivity contribution in [2.24, 2.45) is 5.73 Å². The molecule has 0 aliphatic carbocycles. The molecular weight excluding hydrogens is 154 g/mol. The van der Waals surface area contributed by atoms with Crippen LogP contribution in [-0.4, -0.2) is 11.0 Å². The maximum atomic E-state index is 10.9. The highest BCUT2D eigenvalue weighted by atomic mass is 16.3. The maximum Gasteiger partial charge on any atom is 0.249 e. The quantitative estimate of drug-likeness (QED) is 0.654. The number of phenolic OH excluding ortho intramolecular Hbond substituents is 1. The third kappa shape index (κ3) is 1.25. The largest absolute Gasteiger partial charge is 0.508 e. The molecule has 1 aromatic carbocycles. The van der Waals surface area contributed by atoms with Gasteiger partial charge in [0.05, 0.1) is 0 Å². The number of carbonyl (C=O) groups excluding carboxylic acids is 1. The maximum absolute atomic E-state index is 10.9. The van der Waals surface area contributed by atoms with E-state index in [2.05, 4.69) is 0 Å². The standard InChI is InChI=1S/C9H11NO2/c1-5-3-4-7(11)6(2)8(5)9(10)12/h3-4,11H,1-2H3,(H2,10,12). The molecule has 12 heavy (non-hydrogen) atoms. The summed E-state index contributed by atoms with van der Waals surface area (Å²) in [5.74, 6) is -0.393. The lowest BCUT2D eigenvalue weighted by Gasteiger charge is -2.06. The second kappa shape index (κ2) is 2.85. The zero-order chi connectivity index (χ0) is 9.30. The molecule has 0 saturated carbocycles. The summed E-state index contributed by atoms with van der Waals surface area (Å²) in [7, 11) is 0. The van der Waals surface area contributed by atoms with E-state index in [1.54, 1.807) is 26.0 Å². The van der Waals surface area contributed by atoms with Crippen molar-refractivity contribution in [2.45, 2.75) is 13.8 Å². The van der Waals surface area contributed by atoms with Crippen LogP contribution in [-0.2, 0) is 0 Å². The zero-order valence-electron chi connectivity index (χ0n) is 7.09. The van der Waals surface area contributed by atoms with E-state index in [0.29, 0.717) is 11.1 Å². The third-order valence-electron chi connectivity index (χ3n) is 1.89. The number of carbonyl (C=O) groups is 1. The second-order valence-corrected chi connectivity index (χ2v) is 2.77. The molecule has 0 saturated heterocycles. The molecule has 1 aromatic rings. The summed E-state index contributed by atoms with van der Waals surface area (Å²) in [5, 5.41) is 9.27. The molecule has 0 bridgehead atoms. The predicted octanol–water partition coefficient (Wildman–Crippen LogP) is 1.11. The van der Waals surface area contributed by atoms with E-state index in [-0.39, 0.29) is 5.75 Å². The number of amides is 1. The van der Waals surface area contributed by atoms with Crippen LogP contribution >= 0.6 is 0 Å². The molecular formula is C9H11NO2. The fraction of sp³-hybridized carbons (Fsp3) is 0.222. The molecule has 1 amide bonds. The van der Waals surface area contributed by atoms with Crippen LogP contribution in [0.5, 0.6) is 5.75 Å². The summed E-state index contributed by atoms with van der Waals surface area (Å²) < 4.78 is 0. The van der Waals surface area contributed by atoms with Gasteiger partial charge in [-0.05, 0) is 25.5 Å². The van der Waals surface area contributed by atoms with Crippen LogP contribution in [0.4, 0.5) is 0 Å². The fourth-order valence-corrected chi connectivity index (χ4v) is 1.22. The Morgan fingerprint density at radius 2 is 2.00 bits per heavy atom. The minimum absolute atomic E-state index is 0.106. The Hall–Kier alpha value is -1.51. The van der Waals surface area contributed by atoms with Gasteiger partial charge in [-0.3, -0.25) is 4.79 Å². The number of hydrogen-bond donors (Lipinski definition) is 2. The predicted molar refractivity (Wildman–Crippen MR) is 46.1 cm³/mol. The lowest BCUT2D eigenvalue weighted by Crippen LogP contribution is -2.14. The molecule has 3 nitrogen and oxygen atoms in total. The Balaban J connectivity index is 3.43. The molecule has 0 radical (unpaired) electrons. The number of nitrogens with two attached hydrogens (primary N) is 1. The summed E-state index contributed by atoms with van der Waals surface area (Å²) in [6.45, 7) is 3.45. The second-order valence-electron chi connectivity index (χ2n) is 2.77. The molecule has 0 spiro atoms. The van der Waals surface area contributed by atoms with Crippen molar-refractivity contribution in [3.05, 3.63) is 28.8 Å². The molecule has 3 heteroatoms. The highest BCUT2D eigenvalue weighted by molar-refractivity contribution is 5.96. The van der Waals surface area contributed by atoms with Gasteiger partial charge in [0.1, 0.15) is 5.75 Å². The summed E-state index contributed by atoms with van der Waals surface area (Å²) in [6, 6.07) is 3.22. The zero-order valence-corrected chi connectivity index (χ0v) is 7.09. The Labute approximate surface area is 70.8 Å². The van der Waals surface area contributed by atoms with Gasteiger partial charge in [0.15, 0.2) is 0 Å². The first-order chi connectivity index (χ1) is 5.54. The topological polar surface area (TPSA) is 63.3 Å². The van der Waals surface area contributed by atoms with Crippen LogP contribution in [0.25, 0.3) is 0 Å². The van der Waals surface area contributed by atoms with Crippen molar-refractivity contribution in [3.8, 4) is 5.75 Å². The Kier molecular flexibility index (Phi) is 2.04.